The zero-order valence-electron chi connectivity index (χ0n) is 6.24. The van der Waals surface area contributed by atoms with Crippen LogP contribution in [0.3, 0.4) is 0 Å². The van der Waals surface area contributed by atoms with Gasteiger partial charge < -0.3 is 0 Å². The monoisotopic (exact) mass is 128 g/mol. The summed E-state index contributed by atoms with van der Waals surface area (Å²) in [7, 11) is 0. The largest absolute Gasteiger partial charge is 0.202 e. The van der Waals surface area contributed by atoms with Gasteiger partial charge in [0.25, 0.3) is 0 Å². The van der Waals surface area contributed by atoms with Crippen molar-refractivity contribution in [2.75, 3.05) is 0 Å². The molecule has 0 amide bonds. The van der Waals surface area contributed by atoms with Gasteiger partial charge in [-0.3, -0.25) is 0 Å². The maximum absolute atomic E-state index is 12.5. The first-order chi connectivity index (χ1) is 4.18. The average Bonchev–Trinajstić information content (AvgIpc) is 1.82. The first-order valence-electron chi connectivity index (χ1n) is 3.29. The molecule has 0 heterocycles. The molecule has 0 aliphatic carbocycles. The number of allylic oxidation sites excluding steroid dienone is 1. The van der Waals surface area contributed by atoms with Crippen LogP contribution < -0.4 is 0 Å². The fourth-order valence-electron chi connectivity index (χ4n) is 0.366. The summed E-state index contributed by atoms with van der Waals surface area (Å²) in [6.07, 6.45) is 2.55. The van der Waals surface area contributed by atoms with Crippen molar-refractivity contribution < 1.29 is 4.39 Å². The standard InChI is InChI=1S/C8H13F/c1-4-5-6-8(9)7(2)3/h5,7H,4H2,1-3H3. The van der Waals surface area contributed by atoms with Crippen LogP contribution in [0.1, 0.15) is 27.2 Å². The Morgan fingerprint density at radius 3 is 2.56 bits per heavy atom. The summed E-state index contributed by atoms with van der Waals surface area (Å²) in [5.74, 6) is -0.176. The molecule has 0 fully saturated rings. The Balaban J connectivity index is 3.98. The zero-order valence-corrected chi connectivity index (χ0v) is 6.24. The van der Waals surface area contributed by atoms with Crippen LogP contribution in [0.25, 0.3) is 0 Å². The van der Waals surface area contributed by atoms with E-state index < -0.39 is 0 Å². The van der Waals surface area contributed by atoms with Gasteiger partial charge in [-0.15, -0.1) is 0 Å². The van der Waals surface area contributed by atoms with E-state index in [2.05, 4.69) is 5.73 Å². The SMILES string of the molecule is CCC=C=C(F)C(C)C. The third-order valence-electron chi connectivity index (χ3n) is 0.951. The van der Waals surface area contributed by atoms with Gasteiger partial charge in [0.05, 0.1) is 0 Å². The highest BCUT2D eigenvalue weighted by atomic mass is 19.1. The van der Waals surface area contributed by atoms with Gasteiger partial charge in [0.2, 0.25) is 0 Å². The van der Waals surface area contributed by atoms with E-state index in [0.29, 0.717) is 0 Å². The molecule has 9 heavy (non-hydrogen) atoms. The van der Waals surface area contributed by atoms with Crippen LogP contribution in [-0.4, -0.2) is 0 Å². The molecular weight excluding hydrogens is 115 g/mol. The van der Waals surface area contributed by atoms with Gasteiger partial charge in [-0.1, -0.05) is 26.5 Å². The van der Waals surface area contributed by atoms with E-state index in [1.165, 1.54) is 0 Å². The number of hydrogen-bond donors (Lipinski definition) is 0. The lowest BCUT2D eigenvalue weighted by Crippen LogP contribution is -1.83. The Morgan fingerprint density at radius 2 is 2.22 bits per heavy atom. The maximum Gasteiger partial charge on any atom is 0.144 e. The van der Waals surface area contributed by atoms with Crippen LogP contribution >= 0.6 is 0 Å². The predicted molar refractivity (Wildman–Crippen MR) is 37.8 cm³/mol. The smallest absolute Gasteiger partial charge is 0.144 e. The highest BCUT2D eigenvalue weighted by Gasteiger charge is 1.96. The number of rotatable bonds is 2. The molecule has 0 aromatic heterocycles. The van der Waals surface area contributed by atoms with Gasteiger partial charge in [0.1, 0.15) is 5.83 Å². The van der Waals surface area contributed by atoms with Gasteiger partial charge in [0, 0.05) is 5.92 Å². The Labute approximate surface area is 56.1 Å². The molecule has 0 rings (SSSR count). The van der Waals surface area contributed by atoms with Crippen molar-refractivity contribution >= 4 is 0 Å². The summed E-state index contributed by atoms with van der Waals surface area (Å²) in [6.45, 7) is 5.58. The first-order valence-corrected chi connectivity index (χ1v) is 3.29. The van der Waals surface area contributed by atoms with Crippen molar-refractivity contribution in [1.82, 2.24) is 0 Å². The highest BCUT2D eigenvalue weighted by molar-refractivity contribution is 4.94. The average molecular weight is 128 g/mol. The van der Waals surface area contributed by atoms with E-state index in [9.17, 15) is 4.39 Å². The summed E-state index contributed by atoms with van der Waals surface area (Å²) in [5.41, 5.74) is 2.56. The number of halogens is 1. The van der Waals surface area contributed by atoms with Crippen molar-refractivity contribution in [2.45, 2.75) is 27.2 Å². The summed E-state index contributed by atoms with van der Waals surface area (Å²) < 4.78 is 12.5. The highest BCUT2D eigenvalue weighted by Crippen LogP contribution is 2.07. The predicted octanol–water partition coefficient (Wildman–Crippen LogP) is 3.06. The second-order valence-corrected chi connectivity index (χ2v) is 2.26. The summed E-state index contributed by atoms with van der Waals surface area (Å²) in [5, 5.41) is 0. The molecule has 0 atom stereocenters. The topological polar surface area (TPSA) is 0 Å². The van der Waals surface area contributed by atoms with Crippen molar-refractivity contribution in [3.05, 3.63) is 17.6 Å². The van der Waals surface area contributed by atoms with Crippen LogP contribution in [0.15, 0.2) is 17.6 Å². The minimum Gasteiger partial charge on any atom is -0.202 e. The lowest BCUT2D eigenvalue weighted by atomic mass is 10.2. The minimum atomic E-state index is -0.156. The third-order valence-corrected chi connectivity index (χ3v) is 0.951. The van der Waals surface area contributed by atoms with Crippen LogP contribution in [0.5, 0.6) is 0 Å². The molecule has 0 aliphatic rings. The summed E-state index contributed by atoms with van der Waals surface area (Å²) >= 11 is 0. The van der Waals surface area contributed by atoms with Crippen molar-refractivity contribution in [3.8, 4) is 0 Å². The van der Waals surface area contributed by atoms with Crippen molar-refractivity contribution in [2.24, 2.45) is 5.92 Å². The lowest BCUT2D eigenvalue weighted by Gasteiger charge is -1.93. The van der Waals surface area contributed by atoms with Gasteiger partial charge in [-0.25, -0.2) is 4.39 Å². The molecule has 0 aromatic carbocycles. The third kappa shape index (κ3) is 3.99. The zero-order chi connectivity index (χ0) is 7.28. The fourth-order valence-corrected chi connectivity index (χ4v) is 0.366. The molecule has 0 aromatic rings. The fraction of sp³-hybridized carbons (Fsp3) is 0.625. The molecule has 52 valence electrons. The minimum absolute atomic E-state index is 0.0206. The first kappa shape index (κ1) is 8.45. The quantitative estimate of drug-likeness (QED) is 0.501. The normalized spacial score (nSPS) is 9.00. The molecule has 1 heteroatoms. The molecule has 0 radical (unpaired) electrons. The van der Waals surface area contributed by atoms with Gasteiger partial charge in [-0.2, -0.15) is 0 Å². The van der Waals surface area contributed by atoms with E-state index in [4.69, 9.17) is 0 Å². The molecule has 0 N–H and O–H groups in total. The molecule has 0 bridgehead atoms. The summed E-state index contributed by atoms with van der Waals surface area (Å²) in [4.78, 5) is 0. The van der Waals surface area contributed by atoms with Crippen LogP contribution in [0.2, 0.25) is 0 Å². The van der Waals surface area contributed by atoms with Crippen LogP contribution in [0.4, 0.5) is 4.39 Å². The van der Waals surface area contributed by atoms with Gasteiger partial charge >= 0.3 is 0 Å². The molecule has 0 aliphatic heterocycles. The van der Waals surface area contributed by atoms with Gasteiger partial charge in [0.15, 0.2) is 0 Å². The molecule has 0 spiro atoms. The van der Waals surface area contributed by atoms with Crippen molar-refractivity contribution in [1.29, 1.82) is 0 Å². The Kier molecular flexibility index (Phi) is 4.08. The Bertz CT molecular complexity index is 128. The van der Waals surface area contributed by atoms with E-state index in [1.807, 2.05) is 20.8 Å². The molecule has 0 unspecified atom stereocenters. The number of hydrogen-bond acceptors (Lipinski definition) is 0. The van der Waals surface area contributed by atoms with Crippen LogP contribution in [0, 0.1) is 5.92 Å². The maximum atomic E-state index is 12.5. The van der Waals surface area contributed by atoms with Crippen LogP contribution in [-0.2, 0) is 0 Å². The molecule has 0 nitrogen and oxygen atoms in total. The molecular formula is C8H13F. The van der Waals surface area contributed by atoms with Gasteiger partial charge in [-0.05, 0) is 12.5 Å². The molecule has 0 saturated heterocycles. The lowest BCUT2D eigenvalue weighted by molar-refractivity contribution is 0.522. The Hall–Kier alpha value is -0.550. The second kappa shape index (κ2) is 4.34. The van der Waals surface area contributed by atoms with E-state index in [-0.39, 0.29) is 11.7 Å². The Morgan fingerprint density at radius 1 is 1.67 bits per heavy atom. The van der Waals surface area contributed by atoms with E-state index in [0.717, 1.165) is 6.42 Å². The molecule has 0 saturated carbocycles. The van der Waals surface area contributed by atoms with E-state index >= 15 is 0 Å². The second-order valence-electron chi connectivity index (χ2n) is 2.26. The summed E-state index contributed by atoms with van der Waals surface area (Å²) in [6, 6.07) is 0. The van der Waals surface area contributed by atoms with Crippen molar-refractivity contribution in [3.63, 3.8) is 0 Å². The van der Waals surface area contributed by atoms with E-state index in [1.54, 1.807) is 6.08 Å².